The molecule has 5 rings (SSSR count). The Morgan fingerprint density at radius 2 is 2.03 bits per heavy atom. The van der Waals surface area contributed by atoms with Gasteiger partial charge in [0.05, 0.1) is 6.10 Å². The summed E-state index contributed by atoms with van der Waals surface area (Å²) in [4.78, 5) is 11.5. The fraction of sp³-hybridized carbons (Fsp3) is 0.423. The van der Waals surface area contributed by atoms with E-state index in [1.54, 1.807) is 6.07 Å². The molecule has 3 aliphatic carbocycles. The molecule has 0 spiro atoms. The molecule has 0 bridgehead atoms. The van der Waals surface area contributed by atoms with Crippen LogP contribution in [0.5, 0.6) is 0 Å². The lowest BCUT2D eigenvalue weighted by Crippen LogP contribution is -2.44. The molecule has 156 valence electrons. The molecule has 4 nitrogen and oxygen atoms in total. The van der Waals surface area contributed by atoms with Crippen LogP contribution in [-0.2, 0) is 6.42 Å². The normalized spacial score (nSPS) is 33.6. The monoisotopic (exact) mass is 402 g/mol. The highest BCUT2D eigenvalue weighted by Gasteiger charge is 2.56. The number of amides is 1. The number of fused-ring (bicyclic) bond motifs is 5. The van der Waals surface area contributed by atoms with Crippen LogP contribution in [0.15, 0.2) is 48.0 Å². The molecule has 2 aromatic rings. The van der Waals surface area contributed by atoms with E-state index in [1.807, 2.05) is 24.3 Å². The zero-order valence-corrected chi connectivity index (χ0v) is 17.5. The standard InChI is InChI=1S/C26H30N2O2/c1-26-10-9-21-20-8-6-19(27)13-16(20)5-7-22(21)23(26)14-18(24(26)29)12-15-3-2-4-17(11-15)25(28)30/h2-4,6,8,11-13,21-24,29H,5,7,9-10,14,27H2,1H3,(H2,28,30)/b18-12+/t21-,22?,23+,24+,26+/m1/s1. The van der Waals surface area contributed by atoms with Crippen molar-refractivity contribution < 1.29 is 9.90 Å². The van der Waals surface area contributed by atoms with Gasteiger partial charge in [0.25, 0.3) is 0 Å². The van der Waals surface area contributed by atoms with Crippen molar-refractivity contribution in [1.82, 2.24) is 0 Å². The van der Waals surface area contributed by atoms with E-state index in [0.717, 1.165) is 42.5 Å². The maximum Gasteiger partial charge on any atom is 0.248 e. The molecule has 0 radical (unpaired) electrons. The lowest BCUT2D eigenvalue weighted by Gasteiger charge is -2.49. The number of nitrogen functional groups attached to an aromatic ring is 1. The van der Waals surface area contributed by atoms with Crippen molar-refractivity contribution in [1.29, 1.82) is 0 Å². The number of carbonyl (C=O) groups excluding carboxylic acids is 1. The summed E-state index contributed by atoms with van der Waals surface area (Å²) in [6.45, 7) is 2.28. The van der Waals surface area contributed by atoms with Gasteiger partial charge in [-0.15, -0.1) is 0 Å². The van der Waals surface area contributed by atoms with Crippen LogP contribution in [0, 0.1) is 17.3 Å². The molecule has 0 saturated heterocycles. The fourth-order valence-corrected chi connectivity index (χ4v) is 6.60. The van der Waals surface area contributed by atoms with E-state index in [2.05, 4.69) is 25.1 Å². The second-order valence-corrected chi connectivity index (χ2v) is 9.73. The van der Waals surface area contributed by atoms with E-state index in [9.17, 15) is 9.90 Å². The van der Waals surface area contributed by atoms with Crippen LogP contribution in [0.3, 0.4) is 0 Å². The molecule has 2 aromatic carbocycles. The lowest BCUT2D eigenvalue weighted by molar-refractivity contribution is -0.0158. The summed E-state index contributed by atoms with van der Waals surface area (Å²) in [6.07, 6.45) is 6.95. The number of rotatable bonds is 2. The number of carbonyl (C=O) groups is 1. The van der Waals surface area contributed by atoms with Gasteiger partial charge in [0.15, 0.2) is 0 Å². The summed E-state index contributed by atoms with van der Waals surface area (Å²) in [5.41, 5.74) is 17.7. The first-order chi connectivity index (χ1) is 14.4. The van der Waals surface area contributed by atoms with Gasteiger partial charge >= 0.3 is 0 Å². The number of anilines is 1. The summed E-state index contributed by atoms with van der Waals surface area (Å²) < 4.78 is 0. The summed E-state index contributed by atoms with van der Waals surface area (Å²) in [7, 11) is 0. The Morgan fingerprint density at radius 1 is 1.20 bits per heavy atom. The van der Waals surface area contributed by atoms with Crippen molar-refractivity contribution >= 4 is 17.7 Å². The van der Waals surface area contributed by atoms with Crippen LogP contribution in [0.2, 0.25) is 0 Å². The maximum absolute atomic E-state index is 11.5. The molecule has 3 aliphatic rings. The second-order valence-electron chi connectivity index (χ2n) is 9.73. The van der Waals surface area contributed by atoms with Crippen LogP contribution in [0.1, 0.15) is 65.6 Å². The average molecular weight is 403 g/mol. The quantitative estimate of drug-likeness (QED) is 0.655. The Bertz CT molecular complexity index is 1040. The number of primary amides is 1. The lowest BCUT2D eigenvalue weighted by atomic mass is 9.55. The van der Waals surface area contributed by atoms with E-state index in [1.165, 1.54) is 17.5 Å². The van der Waals surface area contributed by atoms with E-state index in [4.69, 9.17) is 11.5 Å². The van der Waals surface area contributed by atoms with E-state index < -0.39 is 12.0 Å². The molecule has 30 heavy (non-hydrogen) atoms. The predicted molar refractivity (Wildman–Crippen MR) is 120 cm³/mol. The van der Waals surface area contributed by atoms with Crippen LogP contribution in [0.25, 0.3) is 6.08 Å². The minimum Gasteiger partial charge on any atom is -0.399 e. The van der Waals surface area contributed by atoms with Crippen molar-refractivity contribution in [3.63, 3.8) is 0 Å². The van der Waals surface area contributed by atoms with Gasteiger partial charge in [0.2, 0.25) is 5.91 Å². The number of nitrogens with two attached hydrogens (primary N) is 2. The third-order valence-electron chi connectivity index (χ3n) is 8.14. The van der Waals surface area contributed by atoms with Crippen LogP contribution in [0.4, 0.5) is 5.69 Å². The smallest absolute Gasteiger partial charge is 0.248 e. The zero-order chi connectivity index (χ0) is 21.0. The van der Waals surface area contributed by atoms with Gasteiger partial charge in [-0.1, -0.05) is 31.2 Å². The van der Waals surface area contributed by atoms with Gasteiger partial charge in [0, 0.05) is 16.7 Å². The van der Waals surface area contributed by atoms with E-state index >= 15 is 0 Å². The molecular weight excluding hydrogens is 372 g/mol. The fourth-order valence-electron chi connectivity index (χ4n) is 6.60. The van der Waals surface area contributed by atoms with Crippen molar-refractivity contribution in [3.8, 4) is 0 Å². The van der Waals surface area contributed by atoms with Crippen LogP contribution in [-0.4, -0.2) is 17.1 Å². The second kappa shape index (κ2) is 6.98. The van der Waals surface area contributed by atoms with Crippen molar-refractivity contribution in [3.05, 3.63) is 70.3 Å². The molecule has 1 amide bonds. The predicted octanol–water partition coefficient (Wildman–Crippen LogP) is 4.28. The van der Waals surface area contributed by atoms with Gasteiger partial charge in [-0.25, -0.2) is 0 Å². The van der Waals surface area contributed by atoms with Crippen molar-refractivity contribution in [2.45, 2.75) is 51.0 Å². The Balaban J connectivity index is 1.47. The third-order valence-corrected chi connectivity index (χ3v) is 8.14. The number of aryl methyl sites for hydroxylation is 1. The molecule has 2 saturated carbocycles. The number of aliphatic hydroxyl groups is 1. The van der Waals surface area contributed by atoms with Crippen molar-refractivity contribution in [2.75, 3.05) is 5.73 Å². The largest absolute Gasteiger partial charge is 0.399 e. The summed E-state index contributed by atoms with van der Waals surface area (Å²) in [6, 6.07) is 13.8. The van der Waals surface area contributed by atoms with Gasteiger partial charge in [0.1, 0.15) is 0 Å². The Kier molecular flexibility index (Phi) is 4.51. The number of benzene rings is 2. The molecule has 5 atom stereocenters. The van der Waals surface area contributed by atoms with E-state index in [-0.39, 0.29) is 5.41 Å². The van der Waals surface area contributed by atoms with Crippen molar-refractivity contribution in [2.24, 2.45) is 23.0 Å². The summed E-state index contributed by atoms with van der Waals surface area (Å²) >= 11 is 0. The molecule has 1 unspecified atom stereocenters. The van der Waals surface area contributed by atoms with Crippen LogP contribution < -0.4 is 11.5 Å². The molecule has 0 heterocycles. The third kappa shape index (κ3) is 2.97. The molecular formula is C26H30N2O2. The molecule has 2 fully saturated rings. The average Bonchev–Trinajstić information content (AvgIpc) is 2.98. The highest BCUT2D eigenvalue weighted by Crippen LogP contribution is 2.62. The minimum absolute atomic E-state index is 0.0837. The van der Waals surface area contributed by atoms with E-state index in [0.29, 0.717) is 23.3 Å². The number of aliphatic hydroxyl groups excluding tert-OH is 1. The Labute approximate surface area is 178 Å². The van der Waals surface area contributed by atoms with Gasteiger partial charge in [-0.05, 0) is 96.4 Å². The Morgan fingerprint density at radius 3 is 2.83 bits per heavy atom. The maximum atomic E-state index is 11.5. The van der Waals surface area contributed by atoms with Gasteiger partial charge < -0.3 is 16.6 Å². The summed E-state index contributed by atoms with van der Waals surface area (Å²) in [5, 5.41) is 11.3. The molecule has 0 aromatic heterocycles. The SMILES string of the molecule is C[C@]12CC[C@@H]3c4ccc(N)cc4CCC3[C@@H]1C/C(=C\c1cccc(C(N)=O)c1)[C@@H]2O. The molecule has 4 heteroatoms. The van der Waals surface area contributed by atoms with Gasteiger partial charge in [-0.3, -0.25) is 4.79 Å². The first-order valence-electron chi connectivity index (χ1n) is 11.0. The molecule has 0 aliphatic heterocycles. The number of hydrogen-bond acceptors (Lipinski definition) is 3. The van der Waals surface area contributed by atoms with Crippen LogP contribution >= 0.6 is 0 Å². The molecule has 5 N–H and O–H groups in total. The van der Waals surface area contributed by atoms with Gasteiger partial charge in [-0.2, -0.15) is 0 Å². The highest BCUT2D eigenvalue weighted by atomic mass is 16.3. The minimum atomic E-state index is -0.437. The highest BCUT2D eigenvalue weighted by molar-refractivity contribution is 5.93. The zero-order valence-electron chi connectivity index (χ0n) is 17.5. The first-order valence-corrected chi connectivity index (χ1v) is 11.0. The Hall–Kier alpha value is -2.59. The number of hydrogen-bond donors (Lipinski definition) is 3. The summed E-state index contributed by atoms with van der Waals surface area (Å²) in [5.74, 6) is 1.21. The first kappa shape index (κ1) is 19.4. The topological polar surface area (TPSA) is 89.3 Å².